The first-order valence-corrected chi connectivity index (χ1v) is 8.14. The summed E-state index contributed by atoms with van der Waals surface area (Å²) in [6.45, 7) is 3.19. The zero-order valence-electron chi connectivity index (χ0n) is 13.0. The third-order valence-electron chi connectivity index (χ3n) is 4.25. The van der Waals surface area contributed by atoms with Crippen LogP contribution in [0, 0.1) is 5.92 Å². The smallest absolute Gasteiger partial charge is 0.237 e. The van der Waals surface area contributed by atoms with Crippen LogP contribution in [-0.2, 0) is 4.79 Å². The van der Waals surface area contributed by atoms with Gasteiger partial charge in [0.15, 0.2) is 11.5 Å². The first-order chi connectivity index (χ1) is 10.7. The van der Waals surface area contributed by atoms with Crippen LogP contribution in [0.1, 0.15) is 44.2 Å². The minimum atomic E-state index is -0.427. The fourth-order valence-corrected chi connectivity index (χ4v) is 2.86. The van der Waals surface area contributed by atoms with Crippen molar-refractivity contribution in [1.82, 2.24) is 5.32 Å². The number of fused-ring (bicyclic) bond motifs is 1. The Balaban J connectivity index is 1.75. The Labute approximate surface area is 131 Å². The SMILES string of the molecule is CCCC(N)C(=O)NC(c1ccc2c(c1)OCCO2)C1CC1. The summed E-state index contributed by atoms with van der Waals surface area (Å²) in [6, 6.07) is 5.53. The lowest BCUT2D eigenvalue weighted by Gasteiger charge is -2.24. The van der Waals surface area contributed by atoms with Gasteiger partial charge in [0.25, 0.3) is 0 Å². The van der Waals surface area contributed by atoms with Crippen LogP contribution in [0.5, 0.6) is 11.5 Å². The van der Waals surface area contributed by atoms with E-state index < -0.39 is 6.04 Å². The molecule has 120 valence electrons. The Hall–Kier alpha value is -1.75. The van der Waals surface area contributed by atoms with Crippen molar-refractivity contribution in [1.29, 1.82) is 0 Å². The van der Waals surface area contributed by atoms with Crippen molar-refractivity contribution >= 4 is 5.91 Å². The Kier molecular flexibility index (Phi) is 4.52. The molecule has 2 aliphatic rings. The molecule has 22 heavy (non-hydrogen) atoms. The summed E-state index contributed by atoms with van der Waals surface area (Å²) in [7, 11) is 0. The maximum absolute atomic E-state index is 12.2. The van der Waals surface area contributed by atoms with Crippen LogP contribution >= 0.6 is 0 Å². The zero-order chi connectivity index (χ0) is 15.5. The summed E-state index contributed by atoms with van der Waals surface area (Å²) in [4.78, 5) is 12.2. The highest BCUT2D eigenvalue weighted by atomic mass is 16.6. The molecule has 1 aromatic carbocycles. The fraction of sp³-hybridized carbons (Fsp3) is 0.588. The van der Waals surface area contributed by atoms with Crippen molar-refractivity contribution in [2.45, 2.75) is 44.7 Å². The molecular weight excluding hydrogens is 280 g/mol. The average Bonchev–Trinajstić information content (AvgIpc) is 3.37. The number of benzene rings is 1. The van der Waals surface area contributed by atoms with Crippen molar-refractivity contribution in [2.75, 3.05) is 13.2 Å². The largest absolute Gasteiger partial charge is 0.486 e. The van der Waals surface area contributed by atoms with E-state index in [1.54, 1.807) is 0 Å². The van der Waals surface area contributed by atoms with Gasteiger partial charge in [0, 0.05) is 0 Å². The molecule has 3 N–H and O–H groups in total. The van der Waals surface area contributed by atoms with Crippen LogP contribution in [0.3, 0.4) is 0 Å². The van der Waals surface area contributed by atoms with Crippen molar-refractivity contribution in [3.63, 3.8) is 0 Å². The standard InChI is InChI=1S/C17H24N2O3/c1-2-3-13(18)17(20)19-16(11-4-5-11)12-6-7-14-15(10-12)22-9-8-21-14/h6-7,10-11,13,16H,2-5,8-9,18H2,1H3,(H,19,20). The van der Waals surface area contributed by atoms with Gasteiger partial charge in [-0.2, -0.15) is 0 Å². The van der Waals surface area contributed by atoms with Gasteiger partial charge in [0.1, 0.15) is 13.2 Å². The summed E-state index contributed by atoms with van der Waals surface area (Å²) >= 11 is 0. The third-order valence-corrected chi connectivity index (χ3v) is 4.25. The molecule has 0 radical (unpaired) electrons. The first kappa shape index (κ1) is 15.2. The summed E-state index contributed by atoms with van der Waals surface area (Å²) in [5.74, 6) is 1.98. The molecule has 5 nitrogen and oxygen atoms in total. The Morgan fingerprint density at radius 3 is 2.73 bits per heavy atom. The second-order valence-corrected chi connectivity index (χ2v) is 6.12. The molecule has 1 saturated carbocycles. The number of ether oxygens (including phenoxy) is 2. The maximum atomic E-state index is 12.2. The topological polar surface area (TPSA) is 73.6 Å². The molecule has 0 saturated heterocycles. The predicted molar refractivity (Wildman–Crippen MR) is 83.9 cm³/mol. The number of carbonyl (C=O) groups is 1. The molecule has 0 spiro atoms. The summed E-state index contributed by atoms with van der Waals surface area (Å²) in [6.07, 6.45) is 3.90. The molecule has 1 heterocycles. The van der Waals surface area contributed by atoms with E-state index in [1.165, 1.54) is 0 Å². The molecule has 5 heteroatoms. The highest BCUT2D eigenvalue weighted by Gasteiger charge is 2.34. The van der Waals surface area contributed by atoms with E-state index in [2.05, 4.69) is 5.32 Å². The molecule has 3 rings (SSSR count). The van der Waals surface area contributed by atoms with Gasteiger partial charge in [-0.3, -0.25) is 4.79 Å². The number of nitrogens with two attached hydrogens (primary N) is 1. The van der Waals surface area contributed by atoms with E-state index in [4.69, 9.17) is 15.2 Å². The fourth-order valence-electron chi connectivity index (χ4n) is 2.86. The average molecular weight is 304 g/mol. The second kappa shape index (κ2) is 6.57. The number of amides is 1. The molecular formula is C17H24N2O3. The van der Waals surface area contributed by atoms with E-state index in [0.717, 1.165) is 36.3 Å². The zero-order valence-corrected chi connectivity index (χ0v) is 13.0. The monoisotopic (exact) mass is 304 g/mol. The molecule has 2 unspecified atom stereocenters. The highest BCUT2D eigenvalue weighted by Crippen LogP contribution is 2.43. The van der Waals surface area contributed by atoms with Gasteiger partial charge < -0.3 is 20.5 Å². The molecule has 0 aromatic heterocycles. The number of nitrogens with one attached hydrogen (secondary N) is 1. The van der Waals surface area contributed by atoms with Gasteiger partial charge in [-0.1, -0.05) is 19.4 Å². The van der Waals surface area contributed by atoms with Gasteiger partial charge in [-0.05, 0) is 42.9 Å². The molecule has 1 fully saturated rings. The lowest BCUT2D eigenvalue weighted by molar-refractivity contribution is -0.123. The molecule has 1 amide bonds. The molecule has 0 bridgehead atoms. The summed E-state index contributed by atoms with van der Waals surface area (Å²) in [5, 5.41) is 3.13. The van der Waals surface area contributed by atoms with Crippen LogP contribution in [-0.4, -0.2) is 25.2 Å². The van der Waals surface area contributed by atoms with Gasteiger partial charge in [-0.25, -0.2) is 0 Å². The minimum absolute atomic E-state index is 0.0197. The van der Waals surface area contributed by atoms with Crippen molar-refractivity contribution in [3.8, 4) is 11.5 Å². The van der Waals surface area contributed by atoms with Crippen molar-refractivity contribution in [2.24, 2.45) is 11.7 Å². The lowest BCUT2D eigenvalue weighted by atomic mass is 10.0. The lowest BCUT2D eigenvalue weighted by Crippen LogP contribution is -2.42. The van der Waals surface area contributed by atoms with Crippen LogP contribution in [0.25, 0.3) is 0 Å². The Bertz CT molecular complexity index is 543. The Morgan fingerprint density at radius 1 is 1.32 bits per heavy atom. The van der Waals surface area contributed by atoms with E-state index in [-0.39, 0.29) is 11.9 Å². The summed E-state index contributed by atoms with van der Waals surface area (Å²) in [5.41, 5.74) is 7.00. The van der Waals surface area contributed by atoms with Crippen molar-refractivity contribution in [3.05, 3.63) is 23.8 Å². The maximum Gasteiger partial charge on any atom is 0.237 e. The van der Waals surface area contributed by atoms with Crippen LogP contribution in [0.15, 0.2) is 18.2 Å². The van der Waals surface area contributed by atoms with Crippen LogP contribution in [0.4, 0.5) is 0 Å². The Morgan fingerprint density at radius 2 is 2.05 bits per heavy atom. The number of hydrogen-bond donors (Lipinski definition) is 2. The van der Waals surface area contributed by atoms with Crippen LogP contribution in [0.2, 0.25) is 0 Å². The van der Waals surface area contributed by atoms with Crippen LogP contribution < -0.4 is 20.5 Å². The number of carbonyl (C=O) groups excluding carboxylic acids is 1. The van der Waals surface area contributed by atoms with Gasteiger partial charge in [0.2, 0.25) is 5.91 Å². The van der Waals surface area contributed by atoms with E-state index in [0.29, 0.717) is 25.6 Å². The minimum Gasteiger partial charge on any atom is -0.486 e. The van der Waals surface area contributed by atoms with E-state index in [9.17, 15) is 4.79 Å². The van der Waals surface area contributed by atoms with Gasteiger partial charge in [-0.15, -0.1) is 0 Å². The van der Waals surface area contributed by atoms with E-state index in [1.807, 2.05) is 25.1 Å². The normalized spacial score (nSPS) is 19.4. The molecule has 1 aliphatic heterocycles. The predicted octanol–water partition coefficient (Wildman–Crippen LogP) is 2.15. The molecule has 1 aliphatic carbocycles. The summed E-state index contributed by atoms with van der Waals surface area (Å²) < 4.78 is 11.2. The second-order valence-electron chi connectivity index (χ2n) is 6.12. The highest BCUT2D eigenvalue weighted by molar-refractivity contribution is 5.82. The quantitative estimate of drug-likeness (QED) is 0.844. The third kappa shape index (κ3) is 3.35. The van der Waals surface area contributed by atoms with E-state index >= 15 is 0 Å². The van der Waals surface area contributed by atoms with Crippen molar-refractivity contribution < 1.29 is 14.3 Å². The number of hydrogen-bond acceptors (Lipinski definition) is 4. The number of rotatable bonds is 6. The van der Waals surface area contributed by atoms with Gasteiger partial charge >= 0.3 is 0 Å². The van der Waals surface area contributed by atoms with Gasteiger partial charge in [0.05, 0.1) is 12.1 Å². The first-order valence-electron chi connectivity index (χ1n) is 8.14. The molecule has 2 atom stereocenters. The molecule has 1 aromatic rings.